The molecular formula is C20H13N3O. The highest BCUT2D eigenvalue weighted by atomic mass is 16.5. The van der Waals surface area contributed by atoms with Crippen molar-refractivity contribution in [3.05, 3.63) is 78.1 Å². The third-order valence-corrected chi connectivity index (χ3v) is 4.28. The summed E-state index contributed by atoms with van der Waals surface area (Å²) in [6.07, 6.45) is 4.27. The van der Waals surface area contributed by atoms with E-state index in [1.807, 2.05) is 36.4 Å². The fraction of sp³-hybridized carbons (Fsp3) is 0.0500. The van der Waals surface area contributed by atoms with Crippen LogP contribution < -0.4 is 4.74 Å². The van der Waals surface area contributed by atoms with E-state index in [4.69, 9.17) is 9.72 Å². The zero-order valence-electron chi connectivity index (χ0n) is 12.8. The Bertz CT molecular complexity index is 1060. The van der Waals surface area contributed by atoms with Crippen LogP contribution in [0.15, 0.2) is 67.0 Å². The molecule has 0 fully saturated rings. The molecule has 0 unspecified atom stereocenters. The molecule has 2 aromatic carbocycles. The van der Waals surface area contributed by atoms with E-state index < -0.39 is 0 Å². The molecule has 0 aliphatic carbocycles. The number of rotatable bonds is 1. The van der Waals surface area contributed by atoms with Gasteiger partial charge in [0.15, 0.2) is 5.82 Å². The molecule has 5 rings (SSSR count). The molecule has 4 aromatic rings. The van der Waals surface area contributed by atoms with Crippen molar-refractivity contribution in [2.75, 3.05) is 0 Å². The Morgan fingerprint density at radius 2 is 1.62 bits per heavy atom. The van der Waals surface area contributed by atoms with Crippen LogP contribution in [0.1, 0.15) is 11.1 Å². The minimum absolute atomic E-state index is 0.633. The second kappa shape index (κ2) is 5.13. The zero-order chi connectivity index (χ0) is 15.9. The van der Waals surface area contributed by atoms with E-state index in [2.05, 4.69) is 22.1 Å². The predicted octanol–water partition coefficient (Wildman–Crippen LogP) is 4.39. The van der Waals surface area contributed by atoms with Gasteiger partial charge in [-0.15, -0.1) is 0 Å². The third kappa shape index (κ3) is 2.04. The van der Waals surface area contributed by atoms with E-state index in [9.17, 15) is 0 Å². The van der Waals surface area contributed by atoms with Gasteiger partial charge in [0, 0.05) is 29.8 Å². The van der Waals surface area contributed by atoms with E-state index >= 15 is 0 Å². The Morgan fingerprint density at radius 1 is 0.792 bits per heavy atom. The topological polar surface area (TPSA) is 47.9 Å². The summed E-state index contributed by atoms with van der Waals surface area (Å²) in [4.78, 5) is 13.4. The number of nitrogens with zero attached hydrogens (tertiary/aromatic N) is 3. The minimum Gasteiger partial charge on any atom is -0.457 e. The van der Waals surface area contributed by atoms with Crippen molar-refractivity contribution in [2.24, 2.45) is 0 Å². The first kappa shape index (κ1) is 13.2. The smallest absolute Gasteiger partial charge is 0.178 e. The molecule has 114 valence electrons. The summed E-state index contributed by atoms with van der Waals surface area (Å²) in [7, 11) is 0. The largest absolute Gasteiger partial charge is 0.457 e. The molecule has 0 saturated heterocycles. The van der Waals surface area contributed by atoms with E-state index in [0.717, 1.165) is 40.1 Å². The van der Waals surface area contributed by atoms with Crippen LogP contribution in [0.3, 0.4) is 0 Å². The van der Waals surface area contributed by atoms with Gasteiger partial charge in [0.1, 0.15) is 17.2 Å². The van der Waals surface area contributed by atoms with Crippen molar-refractivity contribution < 1.29 is 4.74 Å². The molecule has 0 saturated carbocycles. The molecule has 0 atom stereocenters. The Hall–Kier alpha value is -3.27. The Morgan fingerprint density at radius 3 is 2.54 bits per heavy atom. The number of pyridine rings is 1. The molecule has 0 radical (unpaired) electrons. The maximum absolute atomic E-state index is 6.06. The lowest BCUT2D eigenvalue weighted by Gasteiger charge is -2.21. The van der Waals surface area contributed by atoms with E-state index in [1.54, 1.807) is 18.5 Å². The SMILES string of the molecule is c1cnc(-c2ccc3ccc4c(c3n2)Cc2ccccc2O4)nc1. The van der Waals surface area contributed by atoms with Gasteiger partial charge in [-0.25, -0.2) is 15.0 Å². The van der Waals surface area contributed by atoms with Gasteiger partial charge in [-0.1, -0.05) is 24.3 Å². The van der Waals surface area contributed by atoms with Crippen molar-refractivity contribution in [1.82, 2.24) is 15.0 Å². The van der Waals surface area contributed by atoms with Crippen LogP contribution >= 0.6 is 0 Å². The fourth-order valence-electron chi connectivity index (χ4n) is 3.11. The lowest BCUT2D eigenvalue weighted by atomic mass is 9.97. The maximum atomic E-state index is 6.06. The highest BCUT2D eigenvalue weighted by molar-refractivity contribution is 5.87. The number of hydrogen-bond acceptors (Lipinski definition) is 4. The Labute approximate surface area is 138 Å². The molecular weight excluding hydrogens is 298 g/mol. The van der Waals surface area contributed by atoms with Gasteiger partial charge in [0.25, 0.3) is 0 Å². The fourth-order valence-corrected chi connectivity index (χ4v) is 3.11. The molecule has 0 bridgehead atoms. The highest BCUT2D eigenvalue weighted by Crippen LogP contribution is 2.39. The Balaban J connectivity index is 1.71. The zero-order valence-corrected chi connectivity index (χ0v) is 12.8. The van der Waals surface area contributed by atoms with Crippen molar-refractivity contribution in [1.29, 1.82) is 0 Å². The van der Waals surface area contributed by atoms with Gasteiger partial charge < -0.3 is 4.74 Å². The molecule has 0 amide bonds. The van der Waals surface area contributed by atoms with E-state index in [1.165, 1.54) is 5.56 Å². The number of aromatic nitrogens is 3. The monoisotopic (exact) mass is 311 g/mol. The number of para-hydroxylation sites is 1. The lowest BCUT2D eigenvalue weighted by Crippen LogP contribution is -2.04. The summed E-state index contributed by atoms with van der Waals surface area (Å²) in [5, 5.41) is 1.09. The maximum Gasteiger partial charge on any atom is 0.178 e. The van der Waals surface area contributed by atoms with Crippen LogP contribution in [-0.2, 0) is 6.42 Å². The first-order chi connectivity index (χ1) is 11.9. The number of fused-ring (bicyclic) bond motifs is 4. The molecule has 0 spiro atoms. The highest BCUT2D eigenvalue weighted by Gasteiger charge is 2.20. The van der Waals surface area contributed by atoms with E-state index in [0.29, 0.717) is 5.82 Å². The van der Waals surface area contributed by atoms with Gasteiger partial charge in [0.2, 0.25) is 0 Å². The van der Waals surface area contributed by atoms with Crippen molar-refractivity contribution in [3.8, 4) is 23.0 Å². The second-order valence-electron chi connectivity index (χ2n) is 5.77. The lowest BCUT2D eigenvalue weighted by molar-refractivity contribution is 0.461. The van der Waals surface area contributed by atoms with Crippen LogP contribution in [0.5, 0.6) is 11.5 Å². The van der Waals surface area contributed by atoms with Crippen molar-refractivity contribution in [2.45, 2.75) is 6.42 Å². The van der Waals surface area contributed by atoms with Crippen LogP contribution in [0.4, 0.5) is 0 Å². The van der Waals surface area contributed by atoms with Crippen molar-refractivity contribution in [3.63, 3.8) is 0 Å². The predicted molar refractivity (Wildman–Crippen MR) is 92.1 cm³/mol. The van der Waals surface area contributed by atoms with Gasteiger partial charge in [0.05, 0.1) is 5.52 Å². The second-order valence-corrected chi connectivity index (χ2v) is 5.77. The molecule has 3 heterocycles. The molecule has 4 nitrogen and oxygen atoms in total. The van der Waals surface area contributed by atoms with Crippen LogP contribution in [0.2, 0.25) is 0 Å². The summed E-state index contributed by atoms with van der Waals surface area (Å²) in [5.41, 5.74) is 4.02. The van der Waals surface area contributed by atoms with Gasteiger partial charge in [-0.2, -0.15) is 0 Å². The van der Waals surface area contributed by atoms with Gasteiger partial charge >= 0.3 is 0 Å². The quantitative estimate of drug-likeness (QED) is 0.461. The van der Waals surface area contributed by atoms with Gasteiger partial charge in [-0.05, 0) is 35.9 Å². The standard InChI is InChI=1S/C20H13N3O/c1-2-5-17-14(4-1)12-15-18(24-17)9-7-13-6-8-16(23-19(13)15)20-21-10-3-11-22-20/h1-11H,12H2. The average Bonchev–Trinajstić information content (AvgIpc) is 2.66. The average molecular weight is 311 g/mol. The number of ether oxygens (including phenoxy) is 1. The van der Waals surface area contributed by atoms with Crippen LogP contribution in [-0.4, -0.2) is 15.0 Å². The van der Waals surface area contributed by atoms with Crippen molar-refractivity contribution >= 4 is 10.9 Å². The Kier molecular flexibility index (Phi) is 2.82. The number of hydrogen-bond donors (Lipinski definition) is 0. The summed E-state index contributed by atoms with van der Waals surface area (Å²) >= 11 is 0. The summed E-state index contributed by atoms with van der Waals surface area (Å²) < 4.78 is 6.06. The normalized spacial score (nSPS) is 12.3. The molecule has 1 aliphatic rings. The summed E-state index contributed by atoms with van der Waals surface area (Å²) in [6, 6.07) is 18.0. The van der Waals surface area contributed by atoms with Crippen LogP contribution in [0.25, 0.3) is 22.4 Å². The van der Waals surface area contributed by atoms with Crippen LogP contribution in [0, 0.1) is 0 Å². The van der Waals surface area contributed by atoms with E-state index in [-0.39, 0.29) is 0 Å². The third-order valence-electron chi connectivity index (χ3n) is 4.28. The molecule has 24 heavy (non-hydrogen) atoms. The summed E-state index contributed by atoms with van der Waals surface area (Å²) in [5.74, 6) is 2.43. The molecule has 4 heteroatoms. The minimum atomic E-state index is 0.633. The molecule has 1 aliphatic heterocycles. The summed E-state index contributed by atoms with van der Waals surface area (Å²) in [6.45, 7) is 0. The molecule has 0 N–H and O–H groups in total. The number of benzene rings is 2. The molecule has 2 aromatic heterocycles. The first-order valence-electron chi connectivity index (χ1n) is 7.84. The van der Waals surface area contributed by atoms with Gasteiger partial charge in [-0.3, -0.25) is 0 Å². The first-order valence-corrected chi connectivity index (χ1v) is 7.84.